The SMILES string of the molecule is COc1ccc(-c2nc(C=CCSC(=S)N(C)O)oc2-c2ccc(S(N)(=O)=O)cc2)cc1Cl. The molecule has 0 fully saturated rings. The van der Waals surface area contributed by atoms with E-state index in [-0.39, 0.29) is 4.90 Å². The number of oxazole rings is 1. The van der Waals surface area contributed by atoms with E-state index in [9.17, 15) is 13.6 Å². The van der Waals surface area contributed by atoms with E-state index in [4.69, 9.17) is 38.1 Å². The van der Waals surface area contributed by atoms with E-state index in [0.29, 0.717) is 49.3 Å². The highest BCUT2D eigenvalue weighted by atomic mass is 35.5. The lowest BCUT2D eigenvalue weighted by Gasteiger charge is -2.08. The molecule has 0 saturated heterocycles. The second kappa shape index (κ2) is 10.7. The number of ether oxygens (including phenoxy) is 1. The van der Waals surface area contributed by atoms with Gasteiger partial charge >= 0.3 is 0 Å². The summed E-state index contributed by atoms with van der Waals surface area (Å²) in [4.78, 5) is 4.57. The molecule has 0 spiro atoms. The van der Waals surface area contributed by atoms with Crippen LogP contribution in [-0.2, 0) is 10.0 Å². The third kappa shape index (κ3) is 6.34. The number of primary sulfonamides is 1. The Bertz CT molecular complexity index is 1290. The number of rotatable bonds is 7. The summed E-state index contributed by atoms with van der Waals surface area (Å²) < 4.78 is 34.7. The molecule has 2 aromatic carbocycles. The quantitative estimate of drug-likeness (QED) is 0.335. The predicted octanol–water partition coefficient (Wildman–Crippen LogP) is 4.67. The zero-order valence-corrected chi connectivity index (χ0v) is 20.8. The summed E-state index contributed by atoms with van der Waals surface area (Å²) >= 11 is 12.6. The molecule has 3 aromatic rings. The van der Waals surface area contributed by atoms with Gasteiger partial charge in [0, 0.05) is 23.9 Å². The summed E-state index contributed by atoms with van der Waals surface area (Å²) in [6.07, 6.45) is 3.48. The molecular weight excluding hydrogens is 506 g/mol. The Balaban J connectivity index is 1.99. The standard InChI is InChI=1S/C21H20ClN3O5S3/c1-25(26)21(31)32-11-3-4-18-24-19(14-7-10-17(29-2)16(22)12-14)20(30-18)13-5-8-15(9-6-13)33(23,27)28/h3-10,12,26H,11H2,1-2H3,(H2,23,27,28). The van der Waals surface area contributed by atoms with E-state index < -0.39 is 10.0 Å². The summed E-state index contributed by atoms with van der Waals surface area (Å²) in [5.74, 6) is 1.76. The van der Waals surface area contributed by atoms with Crippen LogP contribution in [-0.4, -0.2) is 47.9 Å². The van der Waals surface area contributed by atoms with E-state index in [1.807, 2.05) is 0 Å². The van der Waals surface area contributed by atoms with E-state index >= 15 is 0 Å². The van der Waals surface area contributed by atoms with Gasteiger partial charge in [0.15, 0.2) is 10.1 Å². The highest BCUT2D eigenvalue weighted by molar-refractivity contribution is 8.22. The molecule has 33 heavy (non-hydrogen) atoms. The molecule has 0 amide bonds. The molecule has 0 saturated carbocycles. The van der Waals surface area contributed by atoms with Gasteiger partial charge in [0.2, 0.25) is 15.9 Å². The van der Waals surface area contributed by atoms with Gasteiger partial charge in [-0.25, -0.2) is 23.6 Å². The molecule has 0 atom stereocenters. The van der Waals surface area contributed by atoms with E-state index in [0.717, 1.165) is 5.06 Å². The van der Waals surface area contributed by atoms with Crippen molar-refractivity contribution in [1.82, 2.24) is 10.0 Å². The fourth-order valence-corrected chi connectivity index (χ4v) is 4.27. The Morgan fingerprint density at radius 1 is 1.30 bits per heavy atom. The molecular formula is C21H20ClN3O5S3. The lowest BCUT2D eigenvalue weighted by atomic mass is 10.1. The van der Waals surface area contributed by atoms with Gasteiger partial charge in [-0.3, -0.25) is 5.21 Å². The first-order chi connectivity index (χ1) is 15.6. The maximum atomic E-state index is 11.6. The van der Waals surface area contributed by atoms with Gasteiger partial charge in [0.1, 0.15) is 11.4 Å². The average Bonchev–Trinajstić information content (AvgIpc) is 3.20. The molecule has 1 aromatic heterocycles. The largest absolute Gasteiger partial charge is 0.495 e. The number of sulfonamides is 1. The summed E-state index contributed by atoms with van der Waals surface area (Å²) in [7, 11) is -0.848. The number of thiocarbonyl (C=S) groups is 1. The van der Waals surface area contributed by atoms with Crippen molar-refractivity contribution < 1.29 is 22.8 Å². The molecule has 0 bridgehead atoms. The Morgan fingerprint density at radius 2 is 1.97 bits per heavy atom. The lowest BCUT2D eigenvalue weighted by Crippen LogP contribution is -2.17. The fourth-order valence-electron chi connectivity index (χ4n) is 2.77. The van der Waals surface area contributed by atoms with Crippen molar-refractivity contribution in [2.75, 3.05) is 19.9 Å². The minimum atomic E-state index is -3.82. The number of hydroxylamine groups is 2. The van der Waals surface area contributed by atoms with Gasteiger partial charge in [-0.1, -0.05) is 41.7 Å². The lowest BCUT2D eigenvalue weighted by molar-refractivity contribution is 0.0205. The molecule has 3 N–H and O–H groups in total. The van der Waals surface area contributed by atoms with Crippen LogP contribution in [0.5, 0.6) is 5.75 Å². The summed E-state index contributed by atoms with van der Waals surface area (Å²) in [6, 6.07) is 11.2. The van der Waals surface area contributed by atoms with Crippen molar-refractivity contribution >= 4 is 56.0 Å². The van der Waals surface area contributed by atoms with Crippen LogP contribution in [0.3, 0.4) is 0 Å². The van der Waals surface area contributed by atoms with Crippen LogP contribution < -0.4 is 9.88 Å². The summed E-state index contributed by atoms with van der Waals surface area (Å²) in [6.45, 7) is 0. The Morgan fingerprint density at radius 3 is 2.55 bits per heavy atom. The summed E-state index contributed by atoms with van der Waals surface area (Å²) in [5, 5.41) is 15.8. The molecule has 0 aliphatic carbocycles. The Kier molecular flexibility index (Phi) is 8.16. The van der Waals surface area contributed by atoms with Gasteiger partial charge < -0.3 is 9.15 Å². The summed E-state index contributed by atoms with van der Waals surface area (Å²) in [5.41, 5.74) is 1.81. The highest BCUT2D eigenvalue weighted by Gasteiger charge is 2.18. The van der Waals surface area contributed by atoms with Gasteiger partial charge in [-0.2, -0.15) is 0 Å². The molecule has 0 radical (unpaired) electrons. The van der Waals surface area contributed by atoms with Crippen molar-refractivity contribution in [3.8, 4) is 28.3 Å². The van der Waals surface area contributed by atoms with E-state index in [2.05, 4.69) is 4.98 Å². The van der Waals surface area contributed by atoms with Crippen LogP contribution >= 0.6 is 35.6 Å². The van der Waals surface area contributed by atoms with Crippen LogP contribution in [0.1, 0.15) is 5.89 Å². The van der Waals surface area contributed by atoms with Crippen LogP contribution in [0.4, 0.5) is 0 Å². The molecule has 174 valence electrons. The van der Waals surface area contributed by atoms with Crippen molar-refractivity contribution in [2.24, 2.45) is 5.14 Å². The first-order valence-corrected chi connectivity index (χ1v) is 12.7. The minimum absolute atomic E-state index is 0.0122. The maximum absolute atomic E-state index is 11.6. The highest BCUT2D eigenvalue weighted by Crippen LogP contribution is 2.36. The molecule has 12 heteroatoms. The number of hydrogen-bond donors (Lipinski definition) is 2. The predicted molar refractivity (Wildman–Crippen MR) is 134 cm³/mol. The third-order valence-corrected chi connectivity index (χ3v) is 7.05. The zero-order chi connectivity index (χ0) is 24.2. The number of nitrogens with two attached hydrogens (primary N) is 1. The van der Waals surface area contributed by atoms with Gasteiger partial charge in [-0.05, 0) is 48.5 Å². The van der Waals surface area contributed by atoms with Crippen molar-refractivity contribution in [3.63, 3.8) is 0 Å². The average molecular weight is 526 g/mol. The van der Waals surface area contributed by atoms with Crippen molar-refractivity contribution in [3.05, 3.63) is 59.5 Å². The monoisotopic (exact) mass is 525 g/mol. The molecule has 0 unspecified atom stereocenters. The van der Waals surface area contributed by atoms with Crippen molar-refractivity contribution in [2.45, 2.75) is 4.90 Å². The second-order valence-electron chi connectivity index (χ2n) is 6.65. The van der Waals surface area contributed by atoms with Gasteiger partial charge in [-0.15, -0.1) is 0 Å². The number of benzene rings is 2. The molecule has 3 rings (SSSR count). The van der Waals surface area contributed by atoms with Crippen molar-refractivity contribution in [1.29, 1.82) is 0 Å². The number of aromatic nitrogens is 1. The molecule has 0 aliphatic heterocycles. The number of halogens is 1. The minimum Gasteiger partial charge on any atom is -0.495 e. The number of nitrogens with zero attached hydrogens (tertiary/aromatic N) is 2. The van der Waals surface area contributed by atoms with E-state index in [1.165, 1.54) is 38.1 Å². The normalized spacial score (nSPS) is 11.7. The first-order valence-electron chi connectivity index (χ1n) is 9.34. The topological polar surface area (TPSA) is 119 Å². The first kappa shape index (κ1) is 25.2. The Labute approximate surface area is 206 Å². The maximum Gasteiger partial charge on any atom is 0.238 e. The molecule has 8 nitrogen and oxygen atoms in total. The smallest absolute Gasteiger partial charge is 0.238 e. The fraction of sp³-hybridized carbons (Fsp3) is 0.143. The number of hydrogen-bond acceptors (Lipinski definition) is 8. The van der Waals surface area contributed by atoms with Gasteiger partial charge in [0.25, 0.3) is 0 Å². The van der Waals surface area contributed by atoms with Crippen LogP contribution in [0.15, 0.2) is 57.9 Å². The van der Waals surface area contributed by atoms with Crippen LogP contribution in [0, 0.1) is 0 Å². The third-order valence-electron chi connectivity index (χ3n) is 4.34. The zero-order valence-electron chi connectivity index (χ0n) is 17.6. The number of methoxy groups -OCH3 is 1. The van der Waals surface area contributed by atoms with Crippen LogP contribution in [0.2, 0.25) is 5.02 Å². The molecule has 0 aliphatic rings. The Hall–Kier alpha value is -2.41. The van der Waals surface area contributed by atoms with Gasteiger partial charge in [0.05, 0.1) is 17.0 Å². The second-order valence-corrected chi connectivity index (χ2v) is 10.3. The van der Waals surface area contributed by atoms with E-state index in [1.54, 1.807) is 42.5 Å². The number of thioether (sulfide) groups is 1. The molecule has 1 heterocycles. The van der Waals surface area contributed by atoms with Crippen LogP contribution in [0.25, 0.3) is 28.7 Å².